The number of nitrogens with one attached hydrogen (secondary N) is 2. The summed E-state index contributed by atoms with van der Waals surface area (Å²) in [7, 11) is 1.55. The van der Waals surface area contributed by atoms with Gasteiger partial charge in [0.25, 0.3) is 5.91 Å². The zero-order chi connectivity index (χ0) is 20.5. The number of rotatable bonds is 5. The molecule has 0 unspecified atom stereocenters. The topological polar surface area (TPSA) is 93.0 Å². The van der Waals surface area contributed by atoms with Crippen LogP contribution in [0.15, 0.2) is 47.1 Å². The quantitative estimate of drug-likeness (QED) is 0.530. The van der Waals surface area contributed by atoms with Crippen molar-refractivity contribution in [3.05, 3.63) is 54.1 Å². The van der Waals surface area contributed by atoms with Gasteiger partial charge in [-0.15, -0.1) is 0 Å². The second-order valence-corrected chi connectivity index (χ2v) is 6.74. The third kappa shape index (κ3) is 3.44. The Morgan fingerprint density at radius 2 is 2.00 bits per heavy atom. The van der Waals surface area contributed by atoms with E-state index in [0.29, 0.717) is 45.0 Å². The number of ether oxygens (including phenoxy) is 1. The molecule has 4 aromatic rings. The molecular formula is C21H19FN4O3. The van der Waals surface area contributed by atoms with Crippen LogP contribution in [-0.2, 0) is 0 Å². The van der Waals surface area contributed by atoms with E-state index in [1.54, 1.807) is 31.3 Å². The van der Waals surface area contributed by atoms with Crippen LogP contribution in [0.1, 0.15) is 24.2 Å². The van der Waals surface area contributed by atoms with Crippen molar-refractivity contribution < 1.29 is 18.3 Å². The smallest absolute Gasteiger partial charge is 0.255 e. The maximum Gasteiger partial charge on any atom is 0.255 e. The lowest BCUT2D eigenvalue weighted by Crippen LogP contribution is -2.18. The molecule has 0 aliphatic heterocycles. The van der Waals surface area contributed by atoms with Crippen molar-refractivity contribution >= 4 is 16.9 Å². The van der Waals surface area contributed by atoms with E-state index in [1.807, 2.05) is 13.8 Å². The zero-order valence-corrected chi connectivity index (χ0v) is 16.1. The third-order valence-corrected chi connectivity index (χ3v) is 4.38. The molecule has 0 radical (unpaired) electrons. The summed E-state index contributed by atoms with van der Waals surface area (Å²) in [5, 5.41) is 9.95. The van der Waals surface area contributed by atoms with Crippen molar-refractivity contribution in [3.63, 3.8) is 0 Å². The van der Waals surface area contributed by atoms with E-state index in [2.05, 4.69) is 20.5 Å². The van der Waals surface area contributed by atoms with Crippen LogP contribution in [0.25, 0.3) is 33.7 Å². The first-order valence-electron chi connectivity index (χ1n) is 9.09. The number of fused-ring (bicyclic) bond motifs is 1. The van der Waals surface area contributed by atoms with E-state index in [0.717, 1.165) is 0 Å². The number of nitrogens with zero attached hydrogens (tertiary/aromatic N) is 2. The molecule has 0 fully saturated rings. The molecule has 2 N–H and O–H groups in total. The van der Waals surface area contributed by atoms with E-state index in [-0.39, 0.29) is 17.8 Å². The van der Waals surface area contributed by atoms with Crippen LogP contribution < -0.4 is 10.1 Å². The van der Waals surface area contributed by atoms with Gasteiger partial charge in [0.1, 0.15) is 29.2 Å². The lowest BCUT2D eigenvalue weighted by molar-refractivity contribution is 0.0964. The molecule has 0 aliphatic carbocycles. The fourth-order valence-corrected chi connectivity index (χ4v) is 3.15. The van der Waals surface area contributed by atoms with Crippen molar-refractivity contribution in [3.8, 4) is 28.5 Å². The summed E-state index contributed by atoms with van der Waals surface area (Å²) < 4.78 is 25.4. The number of H-pyrrole nitrogens is 1. The Morgan fingerprint density at radius 3 is 2.62 bits per heavy atom. The van der Waals surface area contributed by atoms with Gasteiger partial charge < -0.3 is 14.5 Å². The highest BCUT2D eigenvalue weighted by Crippen LogP contribution is 2.40. The number of aromatic nitrogens is 3. The Labute approximate surface area is 165 Å². The first kappa shape index (κ1) is 18.7. The number of amides is 1. The SMILES string of the molecule is CNC(=O)c1c(-c2ccc(F)cc2)oc2cc(-c3ncn[nH]3)c(OC(C)C)cc12. The Hall–Kier alpha value is -3.68. The normalized spacial score (nSPS) is 11.2. The van der Waals surface area contributed by atoms with E-state index in [9.17, 15) is 9.18 Å². The van der Waals surface area contributed by atoms with Crippen molar-refractivity contribution in [2.24, 2.45) is 0 Å². The number of aromatic amines is 1. The molecule has 0 spiro atoms. The van der Waals surface area contributed by atoms with Gasteiger partial charge in [-0.1, -0.05) is 0 Å². The van der Waals surface area contributed by atoms with Gasteiger partial charge in [-0.3, -0.25) is 9.89 Å². The van der Waals surface area contributed by atoms with Crippen LogP contribution in [-0.4, -0.2) is 34.2 Å². The Bertz CT molecular complexity index is 1170. The van der Waals surface area contributed by atoms with Gasteiger partial charge in [0.2, 0.25) is 0 Å². The summed E-state index contributed by atoms with van der Waals surface area (Å²) in [6.45, 7) is 3.82. The number of hydrogen-bond donors (Lipinski definition) is 2. The highest BCUT2D eigenvalue weighted by Gasteiger charge is 2.24. The lowest BCUT2D eigenvalue weighted by atomic mass is 10.0. The van der Waals surface area contributed by atoms with Gasteiger partial charge in [0, 0.05) is 18.0 Å². The maximum atomic E-state index is 13.4. The van der Waals surface area contributed by atoms with Gasteiger partial charge in [-0.05, 0) is 50.2 Å². The second kappa shape index (κ2) is 7.38. The lowest BCUT2D eigenvalue weighted by Gasteiger charge is -2.13. The van der Waals surface area contributed by atoms with Crippen LogP contribution in [0.2, 0.25) is 0 Å². The highest BCUT2D eigenvalue weighted by molar-refractivity contribution is 6.12. The zero-order valence-electron chi connectivity index (χ0n) is 16.1. The van der Waals surface area contributed by atoms with E-state index >= 15 is 0 Å². The van der Waals surface area contributed by atoms with Crippen LogP contribution in [0.3, 0.4) is 0 Å². The number of hydrogen-bond acceptors (Lipinski definition) is 5. The minimum Gasteiger partial charge on any atom is -0.490 e. The molecule has 7 nitrogen and oxygen atoms in total. The maximum absolute atomic E-state index is 13.4. The summed E-state index contributed by atoms with van der Waals surface area (Å²) in [5.74, 6) is 0.728. The Kier molecular flexibility index (Phi) is 4.75. The van der Waals surface area contributed by atoms with Gasteiger partial charge in [0.05, 0.1) is 17.2 Å². The molecule has 0 aliphatic rings. The average Bonchev–Trinajstić information content (AvgIpc) is 3.34. The van der Waals surface area contributed by atoms with Gasteiger partial charge in [-0.2, -0.15) is 5.10 Å². The monoisotopic (exact) mass is 394 g/mol. The predicted molar refractivity (Wildman–Crippen MR) is 106 cm³/mol. The second-order valence-electron chi connectivity index (χ2n) is 6.74. The van der Waals surface area contributed by atoms with E-state index < -0.39 is 0 Å². The molecular weight excluding hydrogens is 375 g/mol. The molecule has 0 saturated carbocycles. The predicted octanol–water partition coefficient (Wildman–Crippen LogP) is 4.17. The molecule has 0 bridgehead atoms. The molecule has 148 valence electrons. The minimum absolute atomic E-state index is 0.0963. The van der Waals surface area contributed by atoms with Gasteiger partial charge in [0.15, 0.2) is 5.82 Å². The van der Waals surface area contributed by atoms with Crippen LogP contribution in [0, 0.1) is 5.82 Å². The minimum atomic E-state index is -0.369. The van der Waals surface area contributed by atoms with E-state index in [4.69, 9.17) is 9.15 Å². The van der Waals surface area contributed by atoms with Crippen molar-refractivity contribution in [2.45, 2.75) is 20.0 Å². The van der Waals surface area contributed by atoms with Gasteiger partial charge >= 0.3 is 0 Å². The first-order chi connectivity index (χ1) is 14.0. The highest BCUT2D eigenvalue weighted by atomic mass is 19.1. The first-order valence-corrected chi connectivity index (χ1v) is 9.09. The summed E-state index contributed by atoms with van der Waals surface area (Å²) in [6.07, 6.45) is 1.31. The van der Waals surface area contributed by atoms with E-state index in [1.165, 1.54) is 18.5 Å². The molecule has 2 heterocycles. The Morgan fingerprint density at radius 1 is 1.24 bits per heavy atom. The fourth-order valence-electron chi connectivity index (χ4n) is 3.15. The van der Waals surface area contributed by atoms with Crippen LogP contribution >= 0.6 is 0 Å². The van der Waals surface area contributed by atoms with Crippen LogP contribution in [0.5, 0.6) is 5.75 Å². The number of carbonyl (C=O) groups excluding carboxylic acids is 1. The average molecular weight is 394 g/mol. The summed E-state index contributed by atoms with van der Waals surface area (Å²) in [6, 6.07) is 9.30. The largest absolute Gasteiger partial charge is 0.490 e. The summed E-state index contributed by atoms with van der Waals surface area (Å²) >= 11 is 0. The third-order valence-electron chi connectivity index (χ3n) is 4.38. The fraction of sp³-hybridized carbons (Fsp3) is 0.190. The molecule has 29 heavy (non-hydrogen) atoms. The molecule has 0 saturated heterocycles. The molecule has 4 rings (SSSR count). The van der Waals surface area contributed by atoms with Crippen molar-refractivity contribution in [1.29, 1.82) is 0 Å². The number of carbonyl (C=O) groups is 1. The number of halogens is 1. The number of furan rings is 1. The van der Waals surface area contributed by atoms with Crippen LogP contribution in [0.4, 0.5) is 4.39 Å². The molecule has 2 aromatic heterocycles. The van der Waals surface area contributed by atoms with Crippen molar-refractivity contribution in [1.82, 2.24) is 20.5 Å². The molecule has 2 aromatic carbocycles. The molecule has 0 atom stereocenters. The molecule has 8 heteroatoms. The standard InChI is InChI=1S/C21H19FN4O3/c1-11(2)28-17-8-14-16(9-15(17)20-24-10-25-26-20)29-19(18(14)21(27)23-3)12-4-6-13(22)7-5-12/h4-11H,1-3H3,(H,23,27)(H,24,25,26). The van der Waals surface area contributed by atoms with Gasteiger partial charge in [-0.25, -0.2) is 9.37 Å². The van der Waals surface area contributed by atoms with Crippen molar-refractivity contribution in [2.75, 3.05) is 7.05 Å². The summed E-state index contributed by atoms with van der Waals surface area (Å²) in [5.41, 5.74) is 2.08. The summed E-state index contributed by atoms with van der Waals surface area (Å²) in [4.78, 5) is 16.9. The Balaban J connectivity index is 2.00. The molecule has 1 amide bonds. The number of benzene rings is 2.